The van der Waals surface area contributed by atoms with Gasteiger partial charge in [0.05, 0.1) is 12.7 Å². The first kappa shape index (κ1) is 20.9. The second-order valence-corrected chi connectivity index (χ2v) is 8.05. The Bertz CT molecular complexity index is 1010. The summed E-state index contributed by atoms with van der Waals surface area (Å²) in [4.78, 5) is 41.9. The highest BCUT2D eigenvalue weighted by Gasteiger charge is 2.38. The molecule has 0 aliphatic carbocycles. The molecule has 4 rings (SSSR count). The SMILES string of the molecule is COc1ccccc1C(=O)N1Cc2cc(NC(C)=O)ccc2CC1C(=O)N1CCCC1. The summed E-state index contributed by atoms with van der Waals surface area (Å²) in [6.45, 7) is 3.23. The van der Waals surface area contributed by atoms with Crippen LogP contribution in [0.1, 0.15) is 41.3 Å². The van der Waals surface area contributed by atoms with Crippen LogP contribution < -0.4 is 10.1 Å². The summed E-state index contributed by atoms with van der Waals surface area (Å²) in [5.41, 5.74) is 3.07. The molecule has 7 nitrogen and oxygen atoms in total. The number of methoxy groups -OCH3 is 1. The molecule has 2 heterocycles. The zero-order valence-corrected chi connectivity index (χ0v) is 17.9. The lowest BCUT2D eigenvalue weighted by Gasteiger charge is -2.38. The summed E-state index contributed by atoms with van der Waals surface area (Å²) in [6.07, 6.45) is 2.44. The largest absolute Gasteiger partial charge is 0.496 e. The number of nitrogens with zero attached hydrogens (tertiary/aromatic N) is 2. The number of hydrogen-bond acceptors (Lipinski definition) is 4. The molecule has 0 spiro atoms. The van der Waals surface area contributed by atoms with Gasteiger partial charge in [0.2, 0.25) is 11.8 Å². The third-order valence-electron chi connectivity index (χ3n) is 5.96. The number of likely N-dealkylation sites (tertiary alicyclic amines) is 1. The lowest BCUT2D eigenvalue weighted by atomic mass is 9.92. The van der Waals surface area contributed by atoms with Crippen molar-refractivity contribution in [2.45, 2.75) is 38.8 Å². The van der Waals surface area contributed by atoms with Crippen LogP contribution in [-0.4, -0.2) is 53.8 Å². The average molecular weight is 421 g/mol. The van der Waals surface area contributed by atoms with Gasteiger partial charge in [0, 0.05) is 38.7 Å². The molecule has 2 aromatic carbocycles. The number of para-hydroxylation sites is 1. The molecule has 0 bridgehead atoms. The summed E-state index contributed by atoms with van der Waals surface area (Å²) >= 11 is 0. The van der Waals surface area contributed by atoms with Gasteiger partial charge < -0.3 is 19.9 Å². The van der Waals surface area contributed by atoms with Crippen molar-refractivity contribution in [3.05, 3.63) is 59.2 Å². The number of carbonyl (C=O) groups excluding carboxylic acids is 3. The van der Waals surface area contributed by atoms with Crippen molar-refractivity contribution in [1.82, 2.24) is 9.80 Å². The Labute approximate surface area is 182 Å². The van der Waals surface area contributed by atoms with E-state index in [-0.39, 0.29) is 17.7 Å². The van der Waals surface area contributed by atoms with Gasteiger partial charge in [0.15, 0.2) is 0 Å². The molecule has 0 aromatic heterocycles. The highest BCUT2D eigenvalue weighted by molar-refractivity contribution is 6.00. The number of carbonyl (C=O) groups is 3. The zero-order valence-electron chi connectivity index (χ0n) is 17.9. The summed E-state index contributed by atoms with van der Waals surface area (Å²) in [5.74, 6) is 0.0976. The fourth-order valence-electron chi connectivity index (χ4n) is 4.42. The maximum Gasteiger partial charge on any atom is 0.258 e. The van der Waals surface area contributed by atoms with Crippen LogP contribution in [0.15, 0.2) is 42.5 Å². The molecule has 0 saturated carbocycles. The third kappa shape index (κ3) is 4.26. The average Bonchev–Trinajstić information content (AvgIpc) is 3.31. The Balaban J connectivity index is 1.71. The first-order chi connectivity index (χ1) is 15.0. The first-order valence-corrected chi connectivity index (χ1v) is 10.6. The van der Waals surface area contributed by atoms with Gasteiger partial charge in [-0.3, -0.25) is 14.4 Å². The van der Waals surface area contributed by atoms with Crippen molar-refractivity contribution in [3.63, 3.8) is 0 Å². The molecule has 2 aliphatic heterocycles. The highest BCUT2D eigenvalue weighted by atomic mass is 16.5. The highest BCUT2D eigenvalue weighted by Crippen LogP contribution is 2.31. The van der Waals surface area contributed by atoms with Gasteiger partial charge in [-0.05, 0) is 48.2 Å². The lowest BCUT2D eigenvalue weighted by Crippen LogP contribution is -2.53. The van der Waals surface area contributed by atoms with E-state index in [0.29, 0.717) is 30.0 Å². The van der Waals surface area contributed by atoms with Crippen LogP contribution in [0.25, 0.3) is 0 Å². The zero-order chi connectivity index (χ0) is 22.0. The van der Waals surface area contributed by atoms with Crippen LogP contribution in [0.5, 0.6) is 5.75 Å². The van der Waals surface area contributed by atoms with Gasteiger partial charge in [0.25, 0.3) is 5.91 Å². The van der Waals surface area contributed by atoms with Gasteiger partial charge in [-0.1, -0.05) is 18.2 Å². The van der Waals surface area contributed by atoms with Crippen molar-refractivity contribution in [3.8, 4) is 5.75 Å². The van der Waals surface area contributed by atoms with E-state index >= 15 is 0 Å². The van der Waals surface area contributed by atoms with E-state index in [1.165, 1.54) is 14.0 Å². The van der Waals surface area contributed by atoms with Gasteiger partial charge in [-0.15, -0.1) is 0 Å². The van der Waals surface area contributed by atoms with E-state index in [9.17, 15) is 14.4 Å². The normalized spacial score (nSPS) is 17.8. The number of rotatable bonds is 4. The van der Waals surface area contributed by atoms with Gasteiger partial charge in [-0.25, -0.2) is 0 Å². The number of benzene rings is 2. The van der Waals surface area contributed by atoms with Gasteiger partial charge >= 0.3 is 0 Å². The Kier molecular flexibility index (Phi) is 5.93. The summed E-state index contributed by atoms with van der Waals surface area (Å²) in [7, 11) is 1.53. The smallest absolute Gasteiger partial charge is 0.258 e. The van der Waals surface area contributed by atoms with E-state index in [0.717, 1.165) is 37.1 Å². The van der Waals surface area contributed by atoms with Gasteiger partial charge in [-0.2, -0.15) is 0 Å². The molecule has 3 amide bonds. The second-order valence-electron chi connectivity index (χ2n) is 8.05. The number of anilines is 1. The van der Waals surface area contributed by atoms with E-state index in [1.807, 2.05) is 29.2 Å². The number of nitrogens with one attached hydrogen (secondary N) is 1. The van der Waals surface area contributed by atoms with Crippen LogP contribution in [-0.2, 0) is 22.6 Å². The molecule has 0 radical (unpaired) electrons. The van der Waals surface area contributed by atoms with Crippen LogP contribution in [0, 0.1) is 0 Å². The summed E-state index contributed by atoms with van der Waals surface area (Å²) in [5, 5.41) is 2.79. The predicted octanol–water partition coefficient (Wildman–Crippen LogP) is 2.84. The van der Waals surface area contributed by atoms with Crippen molar-refractivity contribution in [2.75, 3.05) is 25.5 Å². The second kappa shape index (κ2) is 8.79. The van der Waals surface area contributed by atoms with Crippen molar-refractivity contribution in [1.29, 1.82) is 0 Å². The molecule has 162 valence electrons. The minimum atomic E-state index is -0.561. The third-order valence-corrected chi connectivity index (χ3v) is 5.96. The summed E-state index contributed by atoms with van der Waals surface area (Å²) in [6, 6.07) is 12.2. The van der Waals surface area contributed by atoms with E-state index in [2.05, 4.69) is 5.32 Å². The Hall–Kier alpha value is -3.35. The molecule has 1 N–H and O–H groups in total. The standard InChI is InChI=1S/C24H27N3O4/c1-16(28)25-19-10-9-17-14-21(24(30)26-11-5-6-12-26)27(15-18(17)13-19)23(29)20-7-3-4-8-22(20)31-2/h3-4,7-10,13,21H,5-6,11-12,14-15H2,1-2H3,(H,25,28). The van der Waals surface area contributed by atoms with Crippen molar-refractivity contribution < 1.29 is 19.1 Å². The molecule has 1 fully saturated rings. The van der Waals surface area contributed by atoms with Crippen LogP contribution in [0.4, 0.5) is 5.69 Å². The predicted molar refractivity (Wildman–Crippen MR) is 117 cm³/mol. The molecule has 7 heteroatoms. The van der Waals surface area contributed by atoms with Gasteiger partial charge in [0.1, 0.15) is 11.8 Å². The van der Waals surface area contributed by atoms with E-state index in [1.54, 1.807) is 23.1 Å². The van der Waals surface area contributed by atoms with Crippen LogP contribution >= 0.6 is 0 Å². The maximum absolute atomic E-state index is 13.6. The number of ether oxygens (including phenoxy) is 1. The Morgan fingerprint density at radius 1 is 1.03 bits per heavy atom. The number of hydrogen-bond donors (Lipinski definition) is 1. The molecule has 2 aromatic rings. The van der Waals surface area contributed by atoms with Crippen molar-refractivity contribution in [2.24, 2.45) is 0 Å². The molecular weight excluding hydrogens is 394 g/mol. The minimum absolute atomic E-state index is 0.00247. The van der Waals surface area contributed by atoms with Crippen LogP contribution in [0.3, 0.4) is 0 Å². The minimum Gasteiger partial charge on any atom is -0.496 e. The quantitative estimate of drug-likeness (QED) is 0.823. The molecule has 31 heavy (non-hydrogen) atoms. The lowest BCUT2D eigenvalue weighted by molar-refractivity contribution is -0.135. The topological polar surface area (TPSA) is 79.0 Å². The Morgan fingerprint density at radius 2 is 1.77 bits per heavy atom. The number of fused-ring (bicyclic) bond motifs is 1. The molecule has 1 saturated heterocycles. The monoisotopic (exact) mass is 421 g/mol. The summed E-state index contributed by atoms with van der Waals surface area (Å²) < 4.78 is 5.39. The van der Waals surface area contributed by atoms with Crippen LogP contribution in [0.2, 0.25) is 0 Å². The number of amides is 3. The fraction of sp³-hybridized carbons (Fsp3) is 0.375. The molecule has 1 unspecified atom stereocenters. The van der Waals surface area contributed by atoms with E-state index in [4.69, 9.17) is 4.74 Å². The van der Waals surface area contributed by atoms with Crippen molar-refractivity contribution >= 4 is 23.4 Å². The molecular formula is C24H27N3O4. The maximum atomic E-state index is 13.6. The molecule has 2 aliphatic rings. The Morgan fingerprint density at radius 3 is 2.48 bits per heavy atom. The first-order valence-electron chi connectivity index (χ1n) is 10.6. The fourth-order valence-corrected chi connectivity index (χ4v) is 4.42. The van der Waals surface area contributed by atoms with E-state index < -0.39 is 6.04 Å². The molecule has 1 atom stereocenters.